The number of benzene rings is 2. The summed E-state index contributed by atoms with van der Waals surface area (Å²) >= 11 is 13.2. The van der Waals surface area contributed by atoms with Crippen molar-refractivity contribution >= 4 is 40.7 Å². The van der Waals surface area contributed by atoms with Crippen LogP contribution in [0.4, 0.5) is 10.1 Å². The third kappa shape index (κ3) is 3.10. The fourth-order valence-electron chi connectivity index (χ4n) is 1.45. The largest absolute Gasteiger partial charge is 0.398 e. The van der Waals surface area contributed by atoms with E-state index in [9.17, 15) is 4.39 Å². The van der Waals surface area contributed by atoms with Crippen molar-refractivity contribution in [1.82, 2.24) is 0 Å². The maximum absolute atomic E-state index is 13.6. The Balaban J connectivity index is 2.14. The van der Waals surface area contributed by atoms with Gasteiger partial charge in [0.2, 0.25) is 0 Å². The molecule has 2 aromatic carbocycles. The summed E-state index contributed by atoms with van der Waals surface area (Å²) in [6.45, 7) is 0. The number of nitrogens with two attached hydrogens (primary N) is 1. The number of rotatable bonds is 3. The van der Waals surface area contributed by atoms with Crippen LogP contribution in [0.5, 0.6) is 0 Å². The van der Waals surface area contributed by atoms with E-state index in [1.165, 1.54) is 17.8 Å². The Morgan fingerprint density at radius 1 is 1.11 bits per heavy atom. The fraction of sp³-hybridized carbons (Fsp3) is 0.0769. The molecule has 0 saturated carbocycles. The van der Waals surface area contributed by atoms with Gasteiger partial charge in [-0.25, -0.2) is 4.39 Å². The average molecular weight is 302 g/mol. The number of thioether (sulfide) groups is 1. The lowest BCUT2D eigenvalue weighted by Gasteiger charge is -2.07. The highest BCUT2D eigenvalue weighted by atomic mass is 35.5. The van der Waals surface area contributed by atoms with Crippen LogP contribution in [0, 0.1) is 5.82 Å². The minimum atomic E-state index is -0.289. The Morgan fingerprint density at radius 2 is 1.89 bits per heavy atom. The van der Waals surface area contributed by atoms with Crippen molar-refractivity contribution in [3.8, 4) is 0 Å². The third-order valence-electron chi connectivity index (χ3n) is 2.43. The molecule has 94 valence electrons. The van der Waals surface area contributed by atoms with Crippen molar-refractivity contribution in [2.75, 3.05) is 5.73 Å². The Kier molecular flexibility index (Phi) is 4.38. The Hall–Kier alpha value is -0.900. The van der Waals surface area contributed by atoms with Crippen LogP contribution in [0.25, 0.3) is 0 Å². The first-order valence-electron chi connectivity index (χ1n) is 5.18. The maximum atomic E-state index is 13.6. The number of anilines is 1. The molecule has 2 aromatic rings. The van der Waals surface area contributed by atoms with E-state index in [1.807, 2.05) is 6.07 Å². The van der Waals surface area contributed by atoms with Crippen molar-refractivity contribution in [1.29, 1.82) is 0 Å². The molecule has 0 aliphatic carbocycles. The van der Waals surface area contributed by atoms with E-state index in [4.69, 9.17) is 28.9 Å². The standard InChI is InChI=1S/C13H10Cl2FNS/c14-10-5-4-8(6-11(10)15)18-7-9-12(16)2-1-3-13(9)17/h1-6H,7,17H2. The molecule has 0 aliphatic heterocycles. The SMILES string of the molecule is Nc1cccc(F)c1CSc1ccc(Cl)c(Cl)c1. The van der Waals surface area contributed by atoms with E-state index in [2.05, 4.69) is 0 Å². The first-order valence-corrected chi connectivity index (χ1v) is 6.93. The summed E-state index contributed by atoms with van der Waals surface area (Å²) in [6.07, 6.45) is 0. The minimum absolute atomic E-state index is 0.289. The zero-order valence-electron chi connectivity index (χ0n) is 9.29. The van der Waals surface area contributed by atoms with E-state index in [0.29, 0.717) is 27.0 Å². The maximum Gasteiger partial charge on any atom is 0.129 e. The average Bonchev–Trinajstić information content (AvgIpc) is 2.33. The first-order chi connectivity index (χ1) is 8.58. The number of halogens is 3. The molecule has 0 saturated heterocycles. The van der Waals surface area contributed by atoms with Crippen LogP contribution in [0.2, 0.25) is 10.0 Å². The highest BCUT2D eigenvalue weighted by molar-refractivity contribution is 7.98. The molecular formula is C13H10Cl2FNS. The summed E-state index contributed by atoms with van der Waals surface area (Å²) < 4.78 is 13.6. The van der Waals surface area contributed by atoms with Gasteiger partial charge in [-0.2, -0.15) is 0 Å². The van der Waals surface area contributed by atoms with Gasteiger partial charge >= 0.3 is 0 Å². The quantitative estimate of drug-likeness (QED) is 0.637. The fourth-order valence-corrected chi connectivity index (χ4v) is 2.79. The molecule has 2 rings (SSSR count). The Labute approximate surface area is 119 Å². The zero-order valence-corrected chi connectivity index (χ0v) is 11.6. The lowest BCUT2D eigenvalue weighted by atomic mass is 10.2. The molecule has 18 heavy (non-hydrogen) atoms. The van der Waals surface area contributed by atoms with Crippen molar-refractivity contribution < 1.29 is 4.39 Å². The van der Waals surface area contributed by atoms with E-state index < -0.39 is 0 Å². The molecule has 1 nitrogen and oxygen atoms in total. The van der Waals surface area contributed by atoms with E-state index >= 15 is 0 Å². The molecular weight excluding hydrogens is 292 g/mol. The molecule has 0 radical (unpaired) electrons. The molecule has 0 atom stereocenters. The molecule has 2 N–H and O–H groups in total. The predicted octanol–water partition coefficient (Wildman–Crippen LogP) is 5.01. The third-order valence-corrected chi connectivity index (χ3v) is 4.19. The van der Waals surface area contributed by atoms with Gasteiger partial charge in [0.15, 0.2) is 0 Å². The number of hydrogen-bond acceptors (Lipinski definition) is 2. The normalized spacial score (nSPS) is 10.6. The van der Waals surface area contributed by atoms with Gasteiger partial charge in [0.05, 0.1) is 10.0 Å². The van der Waals surface area contributed by atoms with Crippen LogP contribution in [0.15, 0.2) is 41.3 Å². The summed E-state index contributed by atoms with van der Waals surface area (Å²) in [6, 6.07) is 10.0. The molecule has 0 aliphatic rings. The lowest BCUT2D eigenvalue weighted by Crippen LogP contribution is -1.96. The van der Waals surface area contributed by atoms with Gasteiger partial charge in [-0.1, -0.05) is 29.3 Å². The van der Waals surface area contributed by atoms with Crippen LogP contribution in [-0.2, 0) is 5.75 Å². The molecule has 0 unspecified atom stereocenters. The van der Waals surface area contributed by atoms with Gasteiger partial charge in [0.25, 0.3) is 0 Å². The zero-order chi connectivity index (χ0) is 13.1. The molecule has 0 heterocycles. The molecule has 0 aromatic heterocycles. The number of nitrogen functional groups attached to an aromatic ring is 1. The second kappa shape index (κ2) is 5.83. The molecule has 0 bridgehead atoms. The van der Waals surface area contributed by atoms with E-state index in [0.717, 1.165) is 4.90 Å². The monoisotopic (exact) mass is 301 g/mol. The number of hydrogen-bond donors (Lipinski definition) is 1. The van der Waals surface area contributed by atoms with E-state index in [1.54, 1.807) is 24.3 Å². The lowest BCUT2D eigenvalue weighted by molar-refractivity contribution is 0.618. The topological polar surface area (TPSA) is 26.0 Å². The van der Waals surface area contributed by atoms with Crippen LogP contribution >= 0.6 is 35.0 Å². The van der Waals surface area contributed by atoms with Gasteiger partial charge in [-0.3, -0.25) is 0 Å². The Bertz CT molecular complexity index is 555. The first kappa shape index (κ1) is 13.5. The van der Waals surface area contributed by atoms with Gasteiger partial charge in [-0.05, 0) is 30.3 Å². The Morgan fingerprint density at radius 3 is 2.56 bits per heavy atom. The van der Waals surface area contributed by atoms with Crippen molar-refractivity contribution in [3.63, 3.8) is 0 Å². The summed E-state index contributed by atoms with van der Waals surface area (Å²) in [7, 11) is 0. The van der Waals surface area contributed by atoms with Crippen molar-refractivity contribution in [2.24, 2.45) is 0 Å². The van der Waals surface area contributed by atoms with Gasteiger partial charge in [0.1, 0.15) is 5.82 Å². The minimum Gasteiger partial charge on any atom is -0.398 e. The molecule has 0 spiro atoms. The summed E-state index contributed by atoms with van der Waals surface area (Å²) in [4.78, 5) is 0.923. The highest BCUT2D eigenvalue weighted by Gasteiger charge is 2.07. The van der Waals surface area contributed by atoms with Gasteiger partial charge in [0, 0.05) is 21.9 Å². The van der Waals surface area contributed by atoms with Crippen LogP contribution in [0.1, 0.15) is 5.56 Å². The second-order valence-electron chi connectivity index (χ2n) is 3.67. The molecule has 0 fully saturated rings. The van der Waals surface area contributed by atoms with Crippen LogP contribution in [-0.4, -0.2) is 0 Å². The van der Waals surface area contributed by atoms with Crippen molar-refractivity contribution in [2.45, 2.75) is 10.6 Å². The van der Waals surface area contributed by atoms with Crippen LogP contribution < -0.4 is 5.73 Å². The second-order valence-corrected chi connectivity index (χ2v) is 5.54. The van der Waals surface area contributed by atoms with E-state index in [-0.39, 0.29) is 5.82 Å². The molecule has 5 heteroatoms. The summed E-state index contributed by atoms with van der Waals surface area (Å²) in [5, 5.41) is 0.995. The van der Waals surface area contributed by atoms with Crippen molar-refractivity contribution in [3.05, 3.63) is 57.8 Å². The predicted molar refractivity (Wildman–Crippen MR) is 76.8 cm³/mol. The van der Waals surface area contributed by atoms with Gasteiger partial charge in [-0.15, -0.1) is 11.8 Å². The smallest absolute Gasteiger partial charge is 0.129 e. The molecule has 0 amide bonds. The summed E-state index contributed by atoms with van der Waals surface area (Å²) in [5.41, 5.74) is 6.71. The highest BCUT2D eigenvalue weighted by Crippen LogP contribution is 2.31. The van der Waals surface area contributed by atoms with Gasteiger partial charge < -0.3 is 5.73 Å². The summed E-state index contributed by atoms with van der Waals surface area (Å²) in [5.74, 6) is 0.166. The van der Waals surface area contributed by atoms with Crippen LogP contribution in [0.3, 0.4) is 0 Å².